The van der Waals surface area contributed by atoms with Crippen molar-refractivity contribution in [2.75, 3.05) is 19.8 Å². The number of benzene rings is 1. The first kappa shape index (κ1) is 17.8. The maximum atomic E-state index is 6.29. The van der Waals surface area contributed by atoms with Crippen LogP contribution in [0.3, 0.4) is 0 Å². The molecular weight excluding hydrogens is 408 g/mol. The summed E-state index contributed by atoms with van der Waals surface area (Å²) in [5, 5.41) is 9.49. The normalized spacial score (nSPS) is 17.9. The predicted octanol–water partition coefficient (Wildman–Crippen LogP) is 2.97. The minimum atomic E-state index is -0.353. The lowest BCUT2D eigenvalue weighted by Crippen LogP contribution is -2.22. The van der Waals surface area contributed by atoms with Crippen molar-refractivity contribution in [3.8, 4) is 28.5 Å². The Kier molecular flexibility index (Phi) is 4.02. The van der Waals surface area contributed by atoms with Gasteiger partial charge in [0.1, 0.15) is 12.0 Å². The van der Waals surface area contributed by atoms with Crippen LogP contribution in [-0.2, 0) is 22.9 Å². The first-order chi connectivity index (χ1) is 14.7. The molecule has 0 amide bonds. The lowest BCUT2D eigenvalue weighted by atomic mass is 10.0. The lowest BCUT2D eigenvalue weighted by molar-refractivity contribution is -0.101. The summed E-state index contributed by atoms with van der Waals surface area (Å²) < 4.78 is 20.4. The standard InChI is InChI=1S/C20H17ClN6O3/c1-26-8-11-6-15-18(19-23-20(30-25-19)16-9-28-4-5-29-16)22-10-27(15)14-3-2-12(21)7-13(14)17(11)24-26/h2-3,7-8,10,16H,4-6,9H2,1H3. The summed E-state index contributed by atoms with van der Waals surface area (Å²) in [5.41, 5.74) is 5.53. The smallest absolute Gasteiger partial charge is 0.258 e. The van der Waals surface area contributed by atoms with E-state index in [9.17, 15) is 0 Å². The van der Waals surface area contributed by atoms with Crippen molar-refractivity contribution in [2.45, 2.75) is 12.5 Å². The van der Waals surface area contributed by atoms with Crippen molar-refractivity contribution in [1.82, 2.24) is 29.5 Å². The number of aryl methyl sites for hydroxylation is 1. The highest BCUT2D eigenvalue weighted by Gasteiger charge is 2.29. The van der Waals surface area contributed by atoms with E-state index in [1.165, 1.54) is 0 Å². The number of nitrogens with zero attached hydrogens (tertiary/aromatic N) is 6. The van der Waals surface area contributed by atoms with Gasteiger partial charge < -0.3 is 18.6 Å². The van der Waals surface area contributed by atoms with Crippen LogP contribution in [-0.4, -0.2) is 49.3 Å². The molecule has 1 saturated heterocycles. The molecule has 1 atom stereocenters. The molecule has 3 aromatic heterocycles. The topological polar surface area (TPSA) is 93.0 Å². The molecule has 9 nitrogen and oxygen atoms in total. The van der Waals surface area contributed by atoms with Gasteiger partial charge in [-0.15, -0.1) is 0 Å². The maximum absolute atomic E-state index is 6.29. The van der Waals surface area contributed by atoms with Gasteiger partial charge in [-0.3, -0.25) is 4.68 Å². The molecule has 1 unspecified atom stereocenters. The van der Waals surface area contributed by atoms with E-state index < -0.39 is 0 Å². The van der Waals surface area contributed by atoms with Crippen molar-refractivity contribution < 1.29 is 14.0 Å². The summed E-state index contributed by atoms with van der Waals surface area (Å²) in [5.74, 6) is 0.824. The Balaban J connectivity index is 1.48. The van der Waals surface area contributed by atoms with Crippen LogP contribution in [0.4, 0.5) is 0 Å². The van der Waals surface area contributed by atoms with Crippen LogP contribution >= 0.6 is 11.6 Å². The van der Waals surface area contributed by atoms with Gasteiger partial charge in [-0.2, -0.15) is 10.1 Å². The second-order valence-electron chi connectivity index (χ2n) is 7.32. The van der Waals surface area contributed by atoms with E-state index in [1.54, 1.807) is 6.33 Å². The third-order valence-corrected chi connectivity index (χ3v) is 5.58. The van der Waals surface area contributed by atoms with Crippen molar-refractivity contribution in [3.63, 3.8) is 0 Å². The molecule has 2 aliphatic rings. The van der Waals surface area contributed by atoms with E-state index in [0.29, 0.717) is 48.7 Å². The van der Waals surface area contributed by atoms with Crippen LogP contribution in [0.1, 0.15) is 23.3 Å². The van der Waals surface area contributed by atoms with Gasteiger partial charge in [0.2, 0.25) is 5.82 Å². The fraction of sp³-hybridized carbons (Fsp3) is 0.300. The van der Waals surface area contributed by atoms with Gasteiger partial charge in [-0.05, 0) is 18.2 Å². The summed E-state index contributed by atoms with van der Waals surface area (Å²) >= 11 is 6.29. The molecule has 0 spiro atoms. The molecule has 1 fully saturated rings. The fourth-order valence-corrected chi connectivity index (χ4v) is 4.18. The summed E-state index contributed by atoms with van der Waals surface area (Å²) in [6, 6.07) is 5.78. The molecule has 2 aliphatic heterocycles. The molecule has 0 aliphatic carbocycles. The van der Waals surface area contributed by atoms with E-state index in [0.717, 1.165) is 28.2 Å². The van der Waals surface area contributed by atoms with Gasteiger partial charge in [0.25, 0.3) is 5.89 Å². The molecule has 30 heavy (non-hydrogen) atoms. The van der Waals surface area contributed by atoms with E-state index in [1.807, 2.05) is 40.7 Å². The Morgan fingerprint density at radius 3 is 3.00 bits per heavy atom. The Morgan fingerprint density at radius 2 is 2.13 bits per heavy atom. The molecule has 1 aromatic carbocycles. The van der Waals surface area contributed by atoms with E-state index in [2.05, 4.69) is 20.2 Å². The SMILES string of the molecule is Cn1cc2c(n1)-c1cc(Cl)ccc1-n1cnc(-c3noc(C4COCCO4)n3)c1C2. The quantitative estimate of drug-likeness (QED) is 0.430. The summed E-state index contributed by atoms with van der Waals surface area (Å²) in [6.45, 7) is 1.48. The van der Waals surface area contributed by atoms with Crippen LogP contribution in [0, 0.1) is 0 Å². The number of hydrogen-bond donors (Lipinski definition) is 0. The Labute approximate surface area is 176 Å². The van der Waals surface area contributed by atoms with Gasteiger partial charge in [-0.1, -0.05) is 16.8 Å². The number of halogens is 1. The zero-order valence-electron chi connectivity index (χ0n) is 16.1. The maximum Gasteiger partial charge on any atom is 0.258 e. The van der Waals surface area contributed by atoms with Crippen molar-refractivity contribution >= 4 is 11.6 Å². The second-order valence-corrected chi connectivity index (χ2v) is 7.75. The fourth-order valence-electron chi connectivity index (χ4n) is 4.01. The third-order valence-electron chi connectivity index (χ3n) is 5.35. The van der Waals surface area contributed by atoms with Crippen LogP contribution < -0.4 is 0 Å². The molecule has 4 aromatic rings. The average Bonchev–Trinajstić information content (AvgIpc) is 3.46. The molecule has 0 N–H and O–H groups in total. The molecule has 152 valence electrons. The first-order valence-corrected chi connectivity index (χ1v) is 9.97. The van der Waals surface area contributed by atoms with E-state index in [4.69, 9.17) is 25.6 Å². The Morgan fingerprint density at radius 1 is 1.20 bits per heavy atom. The lowest BCUT2D eigenvalue weighted by Gasteiger charge is -2.19. The minimum Gasteiger partial charge on any atom is -0.376 e. The Bertz CT molecular complexity index is 1250. The minimum absolute atomic E-state index is 0.353. The van der Waals surface area contributed by atoms with Gasteiger partial charge in [0.15, 0.2) is 6.10 Å². The van der Waals surface area contributed by atoms with Crippen LogP contribution in [0.5, 0.6) is 0 Å². The van der Waals surface area contributed by atoms with Crippen molar-refractivity contribution in [2.24, 2.45) is 7.05 Å². The van der Waals surface area contributed by atoms with E-state index in [-0.39, 0.29) is 6.10 Å². The first-order valence-electron chi connectivity index (χ1n) is 9.60. The Hall–Kier alpha value is -3.01. The third kappa shape index (κ3) is 2.78. The molecule has 5 heterocycles. The van der Waals surface area contributed by atoms with Crippen LogP contribution in [0.25, 0.3) is 28.5 Å². The number of hydrogen-bond acceptors (Lipinski definition) is 7. The zero-order valence-corrected chi connectivity index (χ0v) is 16.8. The highest BCUT2D eigenvalue weighted by atomic mass is 35.5. The summed E-state index contributed by atoms with van der Waals surface area (Å²) in [4.78, 5) is 9.16. The molecular formula is C20H17ClN6O3. The monoisotopic (exact) mass is 424 g/mol. The highest BCUT2D eigenvalue weighted by molar-refractivity contribution is 6.31. The van der Waals surface area contributed by atoms with Gasteiger partial charge in [-0.25, -0.2) is 4.98 Å². The largest absolute Gasteiger partial charge is 0.376 e. The molecule has 6 rings (SSSR count). The molecule has 0 bridgehead atoms. The number of aromatic nitrogens is 6. The van der Waals surface area contributed by atoms with Gasteiger partial charge in [0, 0.05) is 35.8 Å². The van der Waals surface area contributed by atoms with Crippen molar-refractivity contribution in [3.05, 3.63) is 52.9 Å². The number of rotatable bonds is 2. The number of imidazole rings is 1. The predicted molar refractivity (Wildman–Crippen MR) is 106 cm³/mol. The zero-order chi connectivity index (χ0) is 20.2. The van der Waals surface area contributed by atoms with E-state index >= 15 is 0 Å². The summed E-state index contributed by atoms with van der Waals surface area (Å²) in [7, 11) is 1.91. The number of fused-ring (bicyclic) bond motifs is 5. The van der Waals surface area contributed by atoms with Gasteiger partial charge >= 0.3 is 0 Å². The molecule has 0 radical (unpaired) electrons. The van der Waals surface area contributed by atoms with Gasteiger partial charge in [0.05, 0.1) is 36.9 Å². The number of ether oxygens (including phenoxy) is 2. The van der Waals surface area contributed by atoms with Crippen LogP contribution in [0.15, 0.2) is 35.2 Å². The summed E-state index contributed by atoms with van der Waals surface area (Å²) in [6.07, 6.45) is 4.06. The van der Waals surface area contributed by atoms with Crippen LogP contribution in [0.2, 0.25) is 5.02 Å². The molecule has 10 heteroatoms. The second kappa shape index (κ2) is 6.76. The van der Waals surface area contributed by atoms with Crippen molar-refractivity contribution in [1.29, 1.82) is 0 Å². The highest BCUT2D eigenvalue weighted by Crippen LogP contribution is 2.38. The average molecular weight is 425 g/mol. The molecule has 0 saturated carbocycles.